The van der Waals surface area contributed by atoms with Crippen LogP contribution in [0.3, 0.4) is 0 Å². The lowest BCUT2D eigenvalue weighted by atomic mass is 10.1. The SMILES string of the molecule is CCc1ccc(CNC(=O)NCC(C)(O)C(=O)O)s1. The fourth-order valence-electron chi connectivity index (χ4n) is 1.27. The number of carbonyl (C=O) groups is 2. The minimum atomic E-state index is -1.96. The molecule has 1 aromatic rings. The first-order chi connectivity index (χ1) is 8.85. The summed E-state index contributed by atoms with van der Waals surface area (Å²) in [6.45, 7) is 3.22. The number of aliphatic carboxylic acids is 1. The van der Waals surface area contributed by atoms with Gasteiger partial charge in [-0.15, -0.1) is 11.3 Å². The molecule has 0 bridgehead atoms. The van der Waals surface area contributed by atoms with Crippen molar-refractivity contribution in [3.63, 3.8) is 0 Å². The molecule has 1 aromatic heterocycles. The molecule has 1 atom stereocenters. The summed E-state index contributed by atoms with van der Waals surface area (Å²) in [7, 11) is 0. The third kappa shape index (κ3) is 4.88. The number of urea groups is 1. The Bertz CT molecular complexity index is 456. The van der Waals surface area contributed by atoms with Crippen LogP contribution in [0.2, 0.25) is 0 Å². The number of hydrogen-bond donors (Lipinski definition) is 4. The molecule has 1 rings (SSSR count). The molecular formula is C12H18N2O4S. The van der Waals surface area contributed by atoms with E-state index >= 15 is 0 Å². The lowest BCUT2D eigenvalue weighted by Crippen LogP contribution is -2.48. The molecule has 0 radical (unpaired) electrons. The van der Waals surface area contributed by atoms with Crippen LogP contribution in [0.5, 0.6) is 0 Å². The highest BCUT2D eigenvalue weighted by Gasteiger charge is 2.30. The molecule has 0 aromatic carbocycles. The van der Waals surface area contributed by atoms with Crippen LogP contribution in [-0.4, -0.2) is 34.4 Å². The summed E-state index contributed by atoms with van der Waals surface area (Å²) in [6, 6.07) is 3.44. The molecule has 106 valence electrons. The van der Waals surface area contributed by atoms with E-state index in [4.69, 9.17) is 5.11 Å². The van der Waals surface area contributed by atoms with E-state index < -0.39 is 17.6 Å². The summed E-state index contributed by atoms with van der Waals surface area (Å²) in [4.78, 5) is 24.3. The fraction of sp³-hybridized carbons (Fsp3) is 0.500. The van der Waals surface area contributed by atoms with Gasteiger partial charge in [0, 0.05) is 9.75 Å². The Morgan fingerprint density at radius 2 is 1.95 bits per heavy atom. The van der Waals surface area contributed by atoms with E-state index in [0.29, 0.717) is 6.54 Å². The van der Waals surface area contributed by atoms with Crippen molar-refractivity contribution in [2.75, 3.05) is 6.54 Å². The average molecular weight is 286 g/mol. The van der Waals surface area contributed by atoms with Crippen LogP contribution >= 0.6 is 11.3 Å². The van der Waals surface area contributed by atoms with Crippen LogP contribution < -0.4 is 10.6 Å². The number of aliphatic hydroxyl groups is 1. The maximum atomic E-state index is 11.4. The highest BCUT2D eigenvalue weighted by atomic mass is 32.1. The first kappa shape index (κ1) is 15.5. The Balaban J connectivity index is 2.34. The van der Waals surface area contributed by atoms with Crippen LogP contribution in [0.25, 0.3) is 0 Å². The fourth-order valence-corrected chi connectivity index (χ4v) is 2.16. The number of thiophene rings is 1. The summed E-state index contributed by atoms with van der Waals surface area (Å²) >= 11 is 1.62. The zero-order valence-corrected chi connectivity index (χ0v) is 11.7. The van der Waals surface area contributed by atoms with Crippen LogP contribution in [0.4, 0.5) is 4.79 Å². The standard InChI is InChI=1S/C12H18N2O4S/c1-3-8-4-5-9(19-8)6-13-11(17)14-7-12(2,18)10(15)16/h4-5,18H,3,6-7H2,1-2H3,(H,15,16)(H2,13,14,17). The molecule has 0 spiro atoms. The predicted octanol–water partition coefficient (Wildman–Crippen LogP) is 0.945. The van der Waals surface area contributed by atoms with E-state index in [-0.39, 0.29) is 6.54 Å². The van der Waals surface area contributed by atoms with Gasteiger partial charge in [0.15, 0.2) is 5.60 Å². The van der Waals surface area contributed by atoms with Gasteiger partial charge in [0.05, 0.1) is 13.1 Å². The van der Waals surface area contributed by atoms with Gasteiger partial charge < -0.3 is 20.8 Å². The molecule has 0 saturated heterocycles. The molecule has 0 saturated carbocycles. The second-order valence-corrected chi connectivity index (χ2v) is 5.59. The number of aryl methyl sites for hydroxylation is 1. The molecule has 1 unspecified atom stereocenters. The van der Waals surface area contributed by atoms with E-state index in [2.05, 4.69) is 17.6 Å². The third-order valence-electron chi connectivity index (χ3n) is 2.54. The van der Waals surface area contributed by atoms with Crippen molar-refractivity contribution in [3.8, 4) is 0 Å². The van der Waals surface area contributed by atoms with E-state index in [1.165, 1.54) is 4.88 Å². The molecule has 0 aliphatic heterocycles. The van der Waals surface area contributed by atoms with Crippen molar-refractivity contribution in [1.29, 1.82) is 0 Å². The van der Waals surface area contributed by atoms with E-state index in [1.54, 1.807) is 11.3 Å². The minimum absolute atomic E-state index is 0.348. The number of hydrogen-bond acceptors (Lipinski definition) is 4. The number of nitrogens with one attached hydrogen (secondary N) is 2. The van der Waals surface area contributed by atoms with E-state index in [1.807, 2.05) is 12.1 Å². The summed E-state index contributed by atoms with van der Waals surface area (Å²) in [5, 5.41) is 23.0. The Morgan fingerprint density at radius 3 is 2.47 bits per heavy atom. The van der Waals surface area contributed by atoms with Gasteiger partial charge in [0.2, 0.25) is 0 Å². The Morgan fingerprint density at radius 1 is 1.32 bits per heavy atom. The van der Waals surface area contributed by atoms with Gasteiger partial charge in [-0.05, 0) is 25.5 Å². The van der Waals surface area contributed by atoms with Crippen molar-refractivity contribution in [3.05, 3.63) is 21.9 Å². The van der Waals surface area contributed by atoms with Crippen LogP contribution in [0.15, 0.2) is 12.1 Å². The monoisotopic (exact) mass is 286 g/mol. The second-order valence-electron chi connectivity index (χ2n) is 4.34. The highest BCUT2D eigenvalue weighted by Crippen LogP contribution is 2.16. The minimum Gasteiger partial charge on any atom is -0.479 e. The molecule has 19 heavy (non-hydrogen) atoms. The highest BCUT2D eigenvalue weighted by molar-refractivity contribution is 7.11. The van der Waals surface area contributed by atoms with Crippen molar-refractivity contribution in [1.82, 2.24) is 10.6 Å². The quantitative estimate of drug-likeness (QED) is 0.625. The summed E-state index contributed by atoms with van der Waals surface area (Å²) in [5.74, 6) is -1.38. The predicted molar refractivity (Wildman–Crippen MR) is 72.2 cm³/mol. The molecule has 6 nitrogen and oxygen atoms in total. The van der Waals surface area contributed by atoms with Gasteiger partial charge in [-0.1, -0.05) is 6.92 Å². The van der Waals surface area contributed by atoms with Crippen molar-refractivity contribution in [2.45, 2.75) is 32.4 Å². The molecular weight excluding hydrogens is 268 g/mol. The lowest BCUT2D eigenvalue weighted by molar-refractivity contribution is -0.155. The molecule has 2 amide bonds. The van der Waals surface area contributed by atoms with E-state index in [0.717, 1.165) is 18.2 Å². The third-order valence-corrected chi connectivity index (χ3v) is 3.77. The van der Waals surface area contributed by atoms with Gasteiger partial charge in [0.25, 0.3) is 0 Å². The number of carboxylic acids is 1. The number of carboxylic acid groups (broad SMARTS) is 1. The lowest BCUT2D eigenvalue weighted by Gasteiger charge is -2.18. The van der Waals surface area contributed by atoms with Gasteiger partial charge in [-0.2, -0.15) is 0 Å². The largest absolute Gasteiger partial charge is 0.479 e. The normalized spacial score (nSPS) is 13.6. The van der Waals surface area contributed by atoms with Gasteiger partial charge in [-0.3, -0.25) is 0 Å². The summed E-state index contributed by atoms with van der Waals surface area (Å²) < 4.78 is 0. The second kappa shape index (κ2) is 6.53. The first-order valence-corrected chi connectivity index (χ1v) is 6.72. The number of carbonyl (C=O) groups excluding carboxylic acids is 1. The zero-order chi connectivity index (χ0) is 14.5. The molecule has 1 heterocycles. The van der Waals surface area contributed by atoms with Crippen LogP contribution in [0.1, 0.15) is 23.6 Å². The van der Waals surface area contributed by atoms with Gasteiger partial charge in [-0.25, -0.2) is 9.59 Å². The van der Waals surface area contributed by atoms with Crippen molar-refractivity contribution in [2.24, 2.45) is 0 Å². The van der Waals surface area contributed by atoms with Gasteiger partial charge in [0.1, 0.15) is 0 Å². The number of amides is 2. The molecule has 0 fully saturated rings. The first-order valence-electron chi connectivity index (χ1n) is 5.90. The molecule has 0 aliphatic carbocycles. The maximum Gasteiger partial charge on any atom is 0.337 e. The van der Waals surface area contributed by atoms with Crippen LogP contribution in [-0.2, 0) is 17.8 Å². The average Bonchev–Trinajstić information content (AvgIpc) is 2.81. The van der Waals surface area contributed by atoms with Crippen molar-refractivity contribution < 1.29 is 19.8 Å². The van der Waals surface area contributed by atoms with Gasteiger partial charge >= 0.3 is 12.0 Å². The summed E-state index contributed by atoms with van der Waals surface area (Å²) in [6.07, 6.45) is 0.957. The van der Waals surface area contributed by atoms with Crippen LogP contribution in [0, 0.1) is 0 Å². The summed E-state index contributed by atoms with van der Waals surface area (Å²) in [5.41, 5.74) is -1.96. The smallest absolute Gasteiger partial charge is 0.337 e. The topological polar surface area (TPSA) is 98.7 Å². The number of rotatable bonds is 6. The molecule has 0 aliphatic rings. The molecule has 7 heteroatoms. The van der Waals surface area contributed by atoms with Crippen molar-refractivity contribution >= 4 is 23.3 Å². The Labute approximate surface area is 115 Å². The zero-order valence-electron chi connectivity index (χ0n) is 10.9. The Kier molecular flexibility index (Phi) is 5.31. The maximum absolute atomic E-state index is 11.4. The molecule has 4 N–H and O–H groups in total. The Hall–Kier alpha value is -1.60. The van der Waals surface area contributed by atoms with E-state index in [9.17, 15) is 14.7 Å².